The van der Waals surface area contributed by atoms with E-state index in [4.69, 9.17) is 0 Å². The molecule has 0 spiro atoms. The summed E-state index contributed by atoms with van der Waals surface area (Å²) < 4.78 is 0. The molecular formula is C9H32. The molecule has 68 valence electrons. The third-order valence-corrected chi connectivity index (χ3v) is 0. The number of hydrogen-bond donors (Lipinski definition) is 0. The van der Waals surface area contributed by atoms with Crippen LogP contribution >= 0.6 is 0 Å². The highest BCUT2D eigenvalue weighted by Gasteiger charge is 0.934. The van der Waals surface area contributed by atoms with Crippen molar-refractivity contribution in [2.45, 2.75) is 64.8 Å². The van der Waals surface area contributed by atoms with E-state index in [0.717, 1.165) is 0 Å². The minimum absolute atomic E-state index is 0. The van der Waals surface area contributed by atoms with E-state index < -0.39 is 0 Å². The van der Waals surface area contributed by atoms with E-state index in [1.54, 1.807) is 0 Å². The van der Waals surface area contributed by atoms with Gasteiger partial charge in [-0.25, -0.2) is 0 Å². The zero-order chi connectivity index (χ0) is 4.00. The normalized spacial score (nSPS) is 1.33. The third kappa shape index (κ3) is 0. The van der Waals surface area contributed by atoms with Crippen molar-refractivity contribution in [2.24, 2.45) is 0 Å². The Morgan fingerprint density at radius 2 is 0.333 bits per heavy atom. The summed E-state index contributed by atoms with van der Waals surface area (Å²) in [5.41, 5.74) is 0. The molecule has 0 saturated carbocycles. The van der Waals surface area contributed by atoms with Gasteiger partial charge in [-0.1, -0.05) is 64.8 Å². The summed E-state index contributed by atoms with van der Waals surface area (Å²) in [4.78, 5) is 0. The molecule has 0 aromatic heterocycles. The maximum absolute atomic E-state index is 2.00. The zero-order valence-electron chi connectivity index (χ0n) is 4.00. The molecule has 0 aliphatic carbocycles. The molecule has 0 radical (unpaired) electrons. The van der Waals surface area contributed by atoms with Crippen LogP contribution in [0, 0.1) is 0 Å². The van der Waals surface area contributed by atoms with Gasteiger partial charge in [0.2, 0.25) is 0 Å². The first-order chi connectivity index (χ1) is 2.00. The van der Waals surface area contributed by atoms with Crippen molar-refractivity contribution in [3.8, 4) is 0 Å². The molecule has 0 aliphatic rings. The largest absolute Gasteiger partial charge is 0.0776 e. The van der Waals surface area contributed by atoms with Crippen LogP contribution in [-0.2, 0) is 0 Å². The number of rotatable bonds is 0. The Bertz CT molecular complexity index is 0. The smallest absolute Gasteiger partial charge is 0.0683 e. The quantitative estimate of drug-likeness (QED) is 0.432. The lowest BCUT2D eigenvalue weighted by atomic mass is 11.0. The maximum atomic E-state index is 2.00. The summed E-state index contributed by atoms with van der Waals surface area (Å²) in [5, 5.41) is 0. The van der Waals surface area contributed by atoms with Crippen molar-refractivity contribution in [3.05, 3.63) is 0 Å². The summed E-state index contributed by atoms with van der Waals surface area (Å²) >= 11 is 0. The molecule has 0 heterocycles. The fourth-order valence-electron chi connectivity index (χ4n) is 0. The predicted octanol–water partition coefficient (Wildman–Crippen LogP) is 5.23. The Morgan fingerprint density at radius 1 is 0.333 bits per heavy atom. The first-order valence-electron chi connectivity index (χ1n) is 2.00. The van der Waals surface area contributed by atoms with Crippen LogP contribution in [0.25, 0.3) is 0 Å². The molecule has 0 nitrogen and oxygen atoms in total. The van der Waals surface area contributed by atoms with Crippen molar-refractivity contribution >= 4 is 0 Å². The summed E-state index contributed by atoms with van der Waals surface area (Å²) in [6, 6.07) is 0. The monoisotopic (exact) mass is 140 g/mol. The van der Waals surface area contributed by atoms with Crippen LogP contribution in [0.2, 0.25) is 0 Å². The summed E-state index contributed by atoms with van der Waals surface area (Å²) in [5.74, 6) is 0. The van der Waals surface area contributed by atoms with Gasteiger partial charge < -0.3 is 0 Å². The van der Waals surface area contributed by atoms with Crippen LogP contribution < -0.4 is 0 Å². The lowest BCUT2D eigenvalue weighted by molar-refractivity contribution is 1.50. The average molecular weight is 140 g/mol. The van der Waals surface area contributed by atoms with Crippen molar-refractivity contribution in [1.29, 1.82) is 0 Å². The van der Waals surface area contributed by atoms with Gasteiger partial charge in [0.1, 0.15) is 0 Å². The van der Waals surface area contributed by atoms with E-state index in [0.29, 0.717) is 0 Å². The van der Waals surface area contributed by atoms with Crippen LogP contribution in [0.1, 0.15) is 64.8 Å². The van der Waals surface area contributed by atoms with E-state index in [2.05, 4.69) is 0 Å². The molecule has 0 aromatic carbocycles. The van der Waals surface area contributed by atoms with E-state index in [1.165, 1.54) is 0 Å². The Morgan fingerprint density at radius 3 is 0.333 bits per heavy atom. The highest BCUT2D eigenvalue weighted by molar-refractivity contribution is 3.51. The molecule has 0 amide bonds. The molecule has 0 rings (SSSR count). The van der Waals surface area contributed by atoms with E-state index in [9.17, 15) is 0 Å². The van der Waals surface area contributed by atoms with Gasteiger partial charge in [0.05, 0.1) is 0 Å². The second-order valence-corrected chi connectivity index (χ2v) is 0. The van der Waals surface area contributed by atoms with E-state index >= 15 is 0 Å². The molecule has 0 aliphatic heterocycles. The fourth-order valence-corrected chi connectivity index (χ4v) is 0. The molecule has 0 fully saturated rings. The van der Waals surface area contributed by atoms with Crippen molar-refractivity contribution in [3.63, 3.8) is 0 Å². The van der Waals surface area contributed by atoms with Crippen LogP contribution in [0.3, 0.4) is 0 Å². The van der Waals surface area contributed by atoms with Gasteiger partial charge in [-0.15, -0.1) is 0 Å². The van der Waals surface area contributed by atoms with Crippen molar-refractivity contribution < 1.29 is 0 Å². The van der Waals surface area contributed by atoms with Crippen molar-refractivity contribution in [2.75, 3.05) is 0 Å². The second kappa shape index (κ2) is 0. The summed E-state index contributed by atoms with van der Waals surface area (Å²) in [7, 11) is 0. The molecule has 0 saturated heterocycles. The average Bonchev–Trinajstić information content (AvgIpc) is 1.50. The molecule has 0 aromatic rings. The first kappa shape index (κ1) is 144. The van der Waals surface area contributed by atoms with Gasteiger partial charge in [-0.3, -0.25) is 0 Å². The van der Waals surface area contributed by atoms with Gasteiger partial charge in [0.25, 0.3) is 0 Å². The Kier molecular flexibility index (Phi) is 0. The van der Waals surface area contributed by atoms with Crippen molar-refractivity contribution in [1.82, 2.24) is 0 Å². The fraction of sp³-hybridized carbons (Fsp3) is 1.00. The van der Waals surface area contributed by atoms with Gasteiger partial charge in [-0.05, 0) is 0 Å². The summed E-state index contributed by atoms with van der Waals surface area (Å²) in [6.45, 7) is 8.00. The second-order valence-electron chi connectivity index (χ2n) is 0. The molecule has 0 N–H and O–H groups in total. The van der Waals surface area contributed by atoms with Crippen LogP contribution in [0.15, 0.2) is 0 Å². The van der Waals surface area contributed by atoms with Crippen LogP contribution in [0.4, 0.5) is 0 Å². The SMILES string of the molecule is C.C.C.C.C.CC.CC. The van der Waals surface area contributed by atoms with Gasteiger partial charge in [-0.2, -0.15) is 0 Å². The third-order valence-electron chi connectivity index (χ3n) is 0. The molecule has 9 heavy (non-hydrogen) atoms. The minimum Gasteiger partial charge on any atom is -0.0776 e. The first-order valence-corrected chi connectivity index (χ1v) is 2.00. The molecule has 0 heteroatoms. The zero-order valence-corrected chi connectivity index (χ0v) is 4.00. The van der Waals surface area contributed by atoms with E-state index in [1.807, 2.05) is 27.7 Å². The van der Waals surface area contributed by atoms with Crippen LogP contribution in [0.5, 0.6) is 0 Å². The predicted molar refractivity (Wildman–Crippen MR) is 56.4 cm³/mol. The Labute approximate surface area is 65.7 Å². The Hall–Kier alpha value is 0. The lowest BCUT2D eigenvalue weighted by Gasteiger charge is -1.07. The Balaban J connectivity index is -0.00000000114. The lowest BCUT2D eigenvalue weighted by Crippen LogP contribution is -0.856. The molecule has 0 unspecified atom stereocenters. The van der Waals surface area contributed by atoms with Gasteiger partial charge in [0.15, 0.2) is 0 Å². The molecular weight excluding hydrogens is 108 g/mol. The van der Waals surface area contributed by atoms with Gasteiger partial charge >= 0.3 is 0 Å². The standard InChI is InChI=1S/2C2H6.5CH4/c2*1-2;;;;;/h2*1-2H3;5*1H4. The van der Waals surface area contributed by atoms with Crippen LogP contribution in [-0.4, -0.2) is 0 Å². The maximum Gasteiger partial charge on any atom is -0.0683 e. The van der Waals surface area contributed by atoms with E-state index in [-0.39, 0.29) is 37.1 Å². The van der Waals surface area contributed by atoms with Gasteiger partial charge in [0, 0.05) is 0 Å². The molecule has 0 atom stereocenters. The molecule has 0 bridgehead atoms. The highest BCUT2D eigenvalue weighted by Crippen LogP contribution is 1.15. The number of hydrogen-bond acceptors (Lipinski definition) is 0. The summed E-state index contributed by atoms with van der Waals surface area (Å²) in [6.07, 6.45) is 0. The topological polar surface area (TPSA) is 0 Å². The highest BCUT2D eigenvalue weighted by atomic mass is 13.0. The minimum atomic E-state index is 0.